The number of nitrogen functional groups attached to an aromatic ring is 1. The van der Waals surface area contributed by atoms with E-state index in [2.05, 4.69) is 5.32 Å². The van der Waals surface area contributed by atoms with Crippen LogP contribution in [0.2, 0.25) is 0 Å². The summed E-state index contributed by atoms with van der Waals surface area (Å²) in [6.07, 6.45) is 0.698. The minimum absolute atomic E-state index is 0.0904. The van der Waals surface area contributed by atoms with Gasteiger partial charge in [-0.1, -0.05) is 19.9 Å². The molecule has 0 radical (unpaired) electrons. The number of rotatable bonds is 6. The van der Waals surface area contributed by atoms with Gasteiger partial charge in [-0.15, -0.1) is 0 Å². The molecular weight excluding hydrogens is 272 g/mol. The van der Waals surface area contributed by atoms with Gasteiger partial charge in [0.15, 0.2) is 0 Å². The van der Waals surface area contributed by atoms with Gasteiger partial charge in [0.2, 0.25) is 0 Å². The van der Waals surface area contributed by atoms with Gasteiger partial charge in [-0.25, -0.2) is 0 Å². The second-order valence-corrected chi connectivity index (χ2v) is 5.81. The molecule has 0 spiro atoms. The summed E-state index contributed by atoms with van der Waals surface area (Å²) in [5.74, 6) is -0.105. The van der Waals surface area contributed by atoms with Gasteiger partial charge in [0.1, 0.15) is 5.69 Å². The van der Waals surface area contributed by atoms with Crippen molar-refractivity contribution in [2.24, 2.45) is 11.7 Å². The van der Waals surface area contributed by atoms with Crippen molar-refractivity contribution in [1.82, 2.24) is 5.32 Å². The van der Waals surface area contributed by atoms with E-state index in [0.717, 1.165) is 0 Å². The number of nitrogens with two attached hydrogens (primary N) is 2. The highest BCUT2D eigenvalue weighted by atomic mass is 16.6. The lowest BCUT2D eigenvalue weighted by Gasteiger charge is -2.31. The third-order valence-electron chi connectivity index (χ3n) is 3.25. The van der Waals surface area contributed by atoms with Crippen LogP contribution in [-0.4, -0.2) is 22.9 Å². The van der Waals surface area contributed by atoms with Gasteiger partial charge >= 0.3 is 0 Å². The monoisotopic (exact) mass is 294 g/mol. The molecule has 1 amide bonds. The van der Waals surface area contributed by atoms with Crippen LogP contribution >= 0.6 is 0 Å². The number of nitrogens with one attached hydrogen (secondary N) is 1. The maximum absolute atomic E-state index is 12.3. The van der Waals surface area contributed by atoms with Crippen molar-refractivity contribution in [1.29, 1.82) is 0 Å². The first kappa shape index (κ1) is 16.9. The van der Waals surface area contributed by atoms with Crippen molar-refractivity contribution < 1.29 is 9.72 Å². The molecule has 21 heavy (non-hydrogen) atoms. The van der Waals surface area contributed by atoms with E-state index in [1.165, 1.54) is 18.2 Å². The summed E-state index contributed by atoms with van der Waals surface area (Å²) in [4.78, 5) is 22.6. The van der Waals surface area contributed by atoms with Crippen LogP contribution in [0, 0.1) is 16.0 Å². The van der Waals surface area contributed by atoms with Crippen molar-refractivity contribution in [2.45, 2.75) is 32.7 Å². The molecule has 0 saturated carbocycles. The Balaban J connectivity index is 3.04. The number of carbonyl (C=O) groups is 1. The van der Waals surface area contributed by atoms with E-state index >= 15 is 0 Å². The standard InChI is InChI=1S/C14H22N4O3/c1-9(2)7-14(3,8-15)17-13(19)10-5-4-6-11(12(10)16)18(20)21/h4-6,9H,7-8,15-16H2,1-3H3,(H,17,19). The predicted octanol–water partition coefficient (Wildman–Crippen LogP) is 1.67. The molecule has 1 rings (SSSR count). The number of anilines is 1. The molecule has 7 nitrogen and oxygen atoms in total. The predicted molar refractivity (Wildman–Crippen MR) is 81.9 cm³/mol. The summed E-state index contributed by atoms with van der Waals surface area (Å²) in [5.41, 5.74) is 10.6. The van der Waals surface area contributed by atoms with Crippen LogP contribution in [0.5, 0.6) is 0 Å². The SMILES string of the molecule is CC(C)CC(C)(CN)NC(=O)c1cccc([N+](=O)[O-])c1N. The highest BCUT2D eigenvalue weighted by molar-refractivity contribution is 6.01. The number of nitrogens with zero attached hydrogens (tertiary/aromatic N) is 1. The number of amides is 1. The summed E-state index contributed by atoms with van der Waals surface area (Å²) in [6, 6.07) is 4.16. The highest BCUT2D eigenvalue weighted by Gasteiger charge is 2.28. The fourth-order valence-electron chi connectivity index (χ4n) is 2.34. The third kappa shape index (κ3) is 4.16. The molecule has 0 heterocycles. The van der Waals surface area contributed by atoms with E-state index in [0.29, 0.717) is 12.3 Å². The van der Waals surface area contributed by atoms with Crippen LogP contribution in [0.4, 0.5) is 11.4 Å². The van der Waals surface area contributed by atoms with E-state index in [1.54, 1.807) is 0 Å². The zero-order valence-corrected chi connectivity index (χ0v) is 12.6. The van der Waals surface area contributed by atoms with Crippen molar-refractivity contribution >= 4 is 17.3 Å². The number of nitro benzene ring substituents is 1. The Morgan fingerprint density at radius 1 is 1.48 bits per heavy atom. The van der Waals surface area contributed by atoms with E-state index in [1.807, 2.05) is 20.8 Å². The molecular formula is C14H22N4O3. The first-order valence-corrected chi connectivity index (χ1v) is 6.75. The Hall–Kier alpha value is -2.15. The van der Waals surface area contributed by atoms with E-state index in [-0.39, 0.29) is 23.5 Å². The molecule has 5 N–H and O–H groups in total. The second kappa shape index (κ2) is 6.53. The summed E-state index contributed by atoms with van der Waals surface area (Å²) in [6.45, 7) is 6.17. The Morgan fingerprint density at radius 3 is 2.57 bits per heavy atom. The molecule has 1 aromatic rings. The number of hydrogen-bond donors (Lipinski definition) is 3. The lowest BCUT2D eigenvalue weighted by molar-refractivity contribution is -0.383. The number of benzene rings is 1. The largest absolute Gasteiger partial charge is 0.393 e. The average Bonchev–Trinajstić information content (AvgIpc) is 2.37. The molecule has 116 valence electrons. The minimum atomic E-state index is -0.609. The molecule has 1 aromatic carbocycles. The van der Waals surface area contributed by atoms with E-state index in [9.17, 15) is 14.9 Å². The van der Waals surface area contributed by atoms with Gasteiger partial charge < -0.3 is 16.8 Å². The van der Waals surface area contributed by atoms with Crippen LogP contribution in [0.15, 0.2) is 18.2 Å². The van der Waals surface area contributed by atoms with Crippen LogP contribution in [0.3, 0.4) is 0 Å². The maximum Gasteiger partial charge on any atom is 0.292 e. The summed E-state index contributed by atoms with van der Waals surface area (Å²) >= 11 is 0. The van der Waals surface area contributed by atoms with Crippen LogP contribution in [-0.2, 0) is 0 Å². The minimum Gasteiger partial charge on any atom is -0.393 e. The van der Waals surface area contributed by atoms with Crippen molar-refractivity contribution in [2.75, 3.05) is 12.3 Å². The van der Waals surface area contributed by atoms with E-state index in [4.69, 9.17) is 11.5 Å². The smallest absolute Gasteiger partial charge is 0.292 e. The van der Waals surface area contributed by atoms with Gasteiger partial charge in [0.05, 0.1) is 10.5 Å². The normalized spacial score (nSPS) is 13.8. The summed E-state index contributed by atoms with van der Waals surface area (Å²) in [5, 5.41) is 13.7. The first-order chi connectivity index (χ1) is 9.70. The zero-order valence-electron chi connectivity index (χ0n) is 12.6. The van der Waals surface area contributed by atoms with Gasteiger partial charge in [-0.05, 0) is 25.3 Å². The fraction of sp³-hybridized carbons (Fsp3) is 0.500. The molecule has 1 atom stereocenters. The Kier molecular flexibility index (Phi) is 5.26. The van der Waals surface area contributed by atoms with Gasteiger partial charge in [-0.3, -0.25) is 14.9 Å². The second-order valence-electron chi connectivity index (χ2n) is 5.81. The van der Waals surface area contributed by atoms with E-state index < -0.39 is 16.4 Å². The molecule has 0 aromatic heterocycles. The number of nitro groups is 1. The van der Waals surface area contributed by atoms with Crippen LogP contribution in [0.1, 0.15) is 37.6 Å². The number of hydrogen-bond acceptors (Lipinski definition) is 5. The zero-order chi connectivity index (χ0) is 16.2. The molecule has 0 aliphatic carbocycles. The summed E-state index contributed by atoms with van der Waals surface area (Å²) in [7, 11) is 0. The molecule has 1 unspecified atom stereocenters. The first-order valence-electron chi connectivity index (χ1n) is 6.75. The molecule has 7 heteroatoms. The molecule has 0 fully saturated rings. The maximum atomic E-state index is 12.3. The Morgan fingerprint density at radius 2 is 2.10 bits per heavy atom. The summed E-state index contributed by atoms with van der Waals surface area (Å²) < 4.78 is 0. The van der Waals surface area contributed by atoms with Gasteiger partial charge in [-0.2, -0.15) is 0 Å². The fourth-order valence-corrected chi connectivity index (χ4v) is 2.34. The lowest BCUT2D eigenvalue weighted by atomic mass is 9.90. The van der Waals surface area contributed by atoms with Crippen molar-refractivity contribution in [3.63, 3.8) is 0 Å². The topological polar surface area (TPSA) is 124 Å². The highest BCUT2D eigenvalue weighted by Crippen LogP contribution is 2.25. The lowest BCUT2D eigenvalue weighted by Crippen LogP contribution is -2.52. The molecule has 0 saturated heterocycles. The molecule has 0 aliphatic rings. The number of carbonyl (C=O) groups excluding carboxylic acids is 1. The number of para-hydroxylation sites is 1. The van der Waals surface area contributed by atoms with Crippen molar-refractivity contribution in [3.05, 3.63) is 33.9 Å². The van der Waals surface area contributed by atoms with Crippen molar-refractivity contribution in [3.8, 4) is 0 Å². The third-order valence-corrected chi connectivity index (χ3v) is 3.25. The quantitative estimate of drug-likeness (QED) is 0.418. The Labute approximate surface area is 123 Å². The Bertz CT molecular complexity index is 545. The van der Waals surface area contributed by atoms with Gasteiger partial charge in [0.25, 0.3) is 11.6 Å². The molecule has 0 aliphatic heterocycles. The van der Waals surface area contributed by atoms with Gasteiger partial charge in [0, 0.05) is 18.2 Å². The van der Waals surface area contributed by atoms with Crippen LogP contribution in [0.25, 0.3) is 0 Å². The van der Waals surface area contributed by atoms with Crippen LogP contribution < -0.4 is 16.8 Å². The molecule has 0 bridgehead atoms. The average molecular weight is 294 g/mol.